The van der Waals surface area contributed by atoms with Crippen molar-refractivity contribution in [3.8, 4) is 0 Å². The first-order valence-electron chi connectivity index (χ1n) is 4.00. The fourth-order valence-corrected chi connectivity index (χ4v) is 1.40. The van der Waals surface area contributed by atoms with Crippen LogP contribution in [0.1, 0.15) is 6.42 Å². The van der Waals surface area contributed by atoms with E-state index in [4.69, 9.17) is 4.84 Å². The first-order chi connectivity index (χ1) is 6.40. The van der Waals surface area contributed by atoms with E-state index in [0.717, 1.165) is 19.5 Å². The molecule has 1 saturated heterocycles. The van der Waals surface area contributed by atoms with Crippen LogP contribution in [0.3, 0.4) is 0 Å². The Morgan fingerprint density at radius 3 is 3.31 bits per heavy atom. The Labute approximate surface area is 74.7 Å². The summed E-state index contributed by atoms with van der Waals surface area (Å²) >= 11 is 0. The van der Waals surface area contributed by atoms with Crippen molar-refractivity contribution in [3.63, 3.8) is 0 Å². The Bertz CT molecular complexity index is 273. The van der Waals surface area contributed by atoms with Gasteiger partial charge in [0.25, 0.3) is 0 Å². The maximum Gasteiger partial charge on any atom is 0.243 e. The van der Waals surface area contributed by atoms with Crippen molar-refractivity contribution < 1.29 is 4.84 Å². The number of aromatic amines is 1. The number of nitrogens with one attached hydrogen (secondary N) is 1. The summed E-state index contributed by atoms with van der Waals surface area (Å²) in [4.78, 5) is 7.03. The number of hydrogen-bond donors (Lipinski definition) is 1. The molecular weight excluding hydrogens is 172 g/mol. The zero-order chi connectivity index (χ0) is 9.10. The molecule has 0 aliphatic carbocycles. The van der Waals surface area contributed by atoms with E-state index < -0.39 is 0 Å². The molecule has 0 radical (unpaired) electrons. The molecule has 0 unspecified atom stereocenters. The third kappa shape index (κ3) is 1.58. The van der Waals surface area contributed by atoms with Gasteiger partial charge in [-0.15, -0.1) is 5.16 Å². The molecule has 0 bridgehead atoms. The van der Waals surface area contributed by atoms with Gasteiger partial charge in [-0.3, -0.25) is 0 Å². The molecule has 0 amide bonds. The average Bonchev–Trinajstić information content (AvgIpc) is 2.70. The van der Waals surface area contributed by atoms with E-state index in [1.807, 2.05) is 4.90 Å². The molecule has 2 heterocycles. The van der Waals surface area contributed by atoms with Gasteiger partial charge in [0.05, 0.1) is 6.54 Å². The molecule has 1 N–H and O–H groups in total. The van der Waals surface area contributed by atoms with Crippen molar-refractivity contribution in [3.05, 3.63) is 0 Å². The van der Waals surface area contributed by atoms with E-state index in [1.165, 1.54) is 0 Å². The molecular formula is C6H10N6O. The van der Waals surface area contributed by atoms with E-state index in [1.54, 1.807) is 0 Å². The van der Waals surface area contributed by atoms with Crippen LogP contribution in [-0.2, 0) is 4.84 Å². The van der Waals surface area contributed by atoms with Crippen molar-refractivity contribution in [2.75, 3.05) is 18.0 Å². The van der Waals surface area contributed by atoms with Crippen molar-refractivity contribution in [1.29, 1.82) is 0 Å². The van der Waals surface area contributed by atoms with Gasteiger partial charge in [0, 0.05) is 19.7 Å². The summed E-state index contributed by atoms with van der Waals surface area (Å²) in [5.74, 6) is 0.676. The van der Waals surface area contributed by atoms with Gasteiger partial charge in [-0.25, -0.2) is 5.10 Å². The molecule has 0 spiro atoms. The van der Waals surface area contributed by atoms with Gasteiger partial charge in [0.1, 0.15) is 6.10 Å². The Hall–Kier alpha value is -1.66. The van der Waals surface area contributed by atoms with Crippen LogP contribution in [-0.4, -0.2) is 46.5 Å². The second-order valence-corrected chi connectivity index (χ2v) is 2.82. The first kappa shape index (κ1) is 7.96. The third-order valence-electron chi connectivity index (χ3n) is 2.00. The predicted molar refractivity (Wildman–Crippen MR) is 45.4 cm³/mol. The lowest BCUT2D eigenvalue weighted by Crippen LogP contribution is -2.23. The molecule has 7 heteroatoms. The van der Waals surface area contributed by atoms with Crippen LogP contribution >= 0.6 is 0 Å². The lowest BCUT2D eigenvalue weighted by atomic mass is 10.3. The Morgan fingerprint density at radius 1 is 1.69 bits per heavy atom. The smallest absolute Gasteiger partial charge is 0.243 e. The molecule has 70 valence electrons. The number of rotatable bonds is 3. The summed E-state index contributed by atoms with van der Waals surface area (Å²) in [5, 5.41) is 16.9. The molecule has 2 rings (SSSR count). The largest absolute Gasteiger partial charge is 0.391 e. The van der Waals surface area contributed by atoms with E-state index in [2.05, 4.69) is 32.5 Å². The molecule has 1 aliphatic heterocycles. The van der Waals surface area contributed by atoms with Crippen LogP contribution in [0.25, 0.3) is 0 Å². The van der Waals surface area contributed by atoms with Gasteiger partial charge in [0.15, 0.2) is 0 Å². The van der Waals surface area contributed by atoms with Gasteiger partial charge >= 0.3 is 0 Å². The molecule has 1 fully saturated rings. The van der Waals surface area contributed by atoms with E-state index in [9.17, 15) is 0 Å². The maximum atomic E-state index is 5.02. The molecule has 0 aromatic carbocycles. The SMILES string of the molecule is C=NO[C@@H]1CCN(c2nnn[nH]2)C1. The molecule has 7 nitrogen and oxygen atoms in total. The Balaban J connectivity index is 1.95. The Morgan fingerprint density at radius 2 is 2.62 bits per heavy atom. The van der Waals surface area contributed by atoms with Crippen LogP contribution in [0.5, 0.6) is 0 Å². The van der Waals surface area contributed by atoms with Crippen molar-refractivity contribution in [2.45, 2.75) is 12.5 Å². The molecule has 13 heavy (non-hydrogen) atoms. The van der Waals surface area contributed by atoms with Crippen LogP contribution in [0, 0.1) is 0 Å². The minimum absolute atomic E-state index is 0.0996. The summed E-state index contributed by atoms with van der Waals surface area (Å²) in [6.07, 6.45) is 1.02. The fraction of sp³-hybridized carbons (Fsp3) is 0.667. The maximum absolute atomic E-state index is 5.02. The van der Waals surface area contributed by atoms with Gasteiger partial charge in [-0.1, -0.05) is 5.10 Å². The monoisotopic (exact) mass is 182 g/mol. The summed E-state index contributed by atoms with van der Waals surface area (Å²) in [6, 6.07) is 0. The van der Waals surface area contributed by atoms with Crippen LogP contribution in [0.15, 0.2) is 5.16 Å². The van der Waals surface area contributed by atoms with Crippen LogP contribution in [0.4, 0.5) is 5.95 Å². The second kappa shape index (κ2) is 3.38. The molecule has 1 atom stereocenters. The van der Waals surface area contributed by atoms with Gasteiger partial charge in [-0.2, -0.15) is 0 Å². The molecule has 1 aliphatic rings. The van der Waals surface area contributed by atoms with Crippen molar-refractivity contribution >= 4 is 12.7 Å². The second-order valence-electron chi connectivity index (χ2n) is 2.82. The highest BCUT2D eigenvalue weighted by molar-refractivity contribution is 5.28. The third-order valence-corrected chi connectivity index (χ3v) is 2.00. The van der Waals surface area contributed by atoms with Crippen LogP contribution < -0.4 is 4.90 Å². The summed E-state index contributed by atoms with van der Waals surface area (Å²) in [5.41, 5.74) is 0. The summed E-state index contributed by atoms with van der Waals surface area (Å²) in [7, 11) is 0. The Kier molecular flexibility index (Phi) is 2.07. The van der Waals surface area contributed by atoms with Crippen molar-refractivity contribution in [2.24, 2.45) is 5.16 Å². The minimum Gasteiger partial charge on any atom is -0.391 e. The summed E-state index contributed by atoms with van der Waals surface area (Å²) in [6.45, 7) is 4.89. The predicted octanol–water partition coefficient (Wildman–Crippen LogP) is -0.589. The topological polar surface area (TPSA) is 79.3 Å². The minimum atomic E-state index is 0.0996. The zero-order valence-electron chi connectivity index (χ0n) is 7.05. The normalized spacial score (nSPS) is 21.8. The highest BCUT2D eigenvalue weighted by atomic mass is 16.6. The van der Waals surface area contributed by atoms with Crippen LogP contribution in [0.2, 0.25) is 0 Å². The molecule has 1 aromatic rings. The number of aromatic nitrogens is 4. The highest BCUT2D eigenvalue weighted by Crippen LogP contribution is 2.16. The van der Waals surface area contributed by atoms with E-state index >= 15 is 0 Å². The standard InChI is InChI=1S/C6H10N6O/c1-7-13-5-2-3-12(4-5)6-8-10-11-9-6/h5H,1-4H2,(H,8,9,10,11)/t5-/m1/s1. The van der Waals surface area contributed by atoms with E-state index in [-0.39, 0.29) is 6.10 Å². The average molecular weight is 182 g/mol. The number of H-pyrrole nitrogens is 1. The number of hydrogen-bond acceptors (Lipinski definition) is 6. The van der Waals surface area contributed by atoms with Gasteiger partial charge in [0.2, 0.25) is 5.95 Å². The quantitative estimate of drug-likeness (QED) is 0.499. The zero-order valence-corrected chi connectivity index (χ0v) is 7.05. The van der Waals surface area contributed by atoms with E-state index in [0.29, 0.717) is 5.95 Å². The fourth-order valence-electron chi connectivity index (χ4n) is 1.40. The number of anilines is 1. The van der Waals surface area contributed by atoms with Crippen molar-refractivity contribution in [1.82, 2.24) is 20.6 Å². The molecule has 0 saturated carbocycles. The lowest BCUT2D eigenvalue weighted by molar-refractivity contribution is 0.0769. The number of tetrazole rings is 1. The number of nitrogens with zero attached hydrogens (tertiary/aromatic N) is 5. The number of oxime groups is 1. The lowest BCUT2D eigenvalue weighted by Gasteiger charge is -2.12. The van der Waals surface area contributed by atoms with Gasteiger partial charge < -0.3 is 9.74 Å². The molecule has 1 aromatic heterocycles. The summed E-state index contributed by atoms with van der Waals surface area (Å²) < 4.78 is 0. The highest BCUT2D eigenvalue weighted by Gasteiger charge is 2.25. The first-order valence-corrected chi connectivity index (χ1v) is 4.00. The van der Waals surface area contributed by atoms with Gasteiger partial charge in [-0.05, 0) is 10.4 Å².